The van der Waals surface area contributed by atoms with E-state index in [4.69, 9.17) is 10.8 Å². The SMILES string of the molecule is N=COC(=N)c1csc(C(=O)c2c[nH]c3ccccc23)n1.[HH]. The van der Waals surface area contributed by atoms with Gasteiger partial charge in [0.15, 0.2) is 11.4 Å². The number of nitrogens with zero attached hydrogens (tertiary/aromatic N) is 1. The van der Waals surface area contributed by atoms with E-state index in [1.54, 1.807) is 11.6 Å². The third-order valence-electron chi connectivity index (χ3n) is 2.94. The molecule has 0 aliphatic carbocycles. The molecule has 0 aliphatic heterocycles. The van der Waals surface area contributed by atoms with Crippen molar-refractivity contribution in [3.8, 4) is 0 Å². The lowest BCUT2D eigenvalue weighted by Gasteiger charge is -1.96. The fraction of sp³-hybridized carbons (Fsp3) is 0. The lowest BCUT2D eigenvalue weighted by Crippen LogP contribution is -2.05. The van der Waals surface area contributed by atoms with Gasteiger partial charge in [0.2, 0.25) is 11.7 Å². The number of aromatic nitrogens is 2. The van der Waals surface area contributed by atoms with Gasteiger partial charge in [0.25, 0.3) is 0 Å². The minimum Gasteiger partial charge on any atom is -0.426 e. The number of nitrogens with one attached hydrogen (secondary N) is 3. The molecule has 2 heterocycles. The number of hydrogen-bond donors (Lipinski definition) is 3. The summed E-state index contributed by atoms with van der Waals surface area (Å²) in [5.41, 5.74) is 1.68. The van der Waals surface area contributed by atoms with Gasteiger partial charge in [-0.05, 0) is 6.07 Å². The number of aromatic amines is 1. The van der Waals surface area contributed by atoms with Crippen LogP contribution in [-0.2, 0) is 4.74 Å². The molecular formula is C14H12N4O2S. The number of fused-ring (bicyclic) bond motifs is 1. The summed E-state index contributed by atoms with van der Waals surface area (Å²) in [6, 6.07) is 7.53. The zero-order valence-corrected chi connectivity index (χ0v) is 11.5. The van der Waals surface area contributed by atoms with Gasteiger partial charge in [-0.3, -0.25) is 15.6 Å². The van der Waals surface area contributed by atoms with Gasteiger partial charge in [0.1, 0.15) is 5.69 Å². The van der Waals surface area contributed by atoms with Gasteiger partial charge in [0, 0.05) is 23.9 Å². The molecule has 0 unspecified atom stereocenters. The van der Waals surface area contributed by atoms with Crippen molar-refractivity contribution in [2.24, 2.45) is 0 Å². The Bertz CT molecular complexity index is 855. The molecule has 0 saturated heterocycles. The fourth-order valence-corrected chi connectivity index (χ4v) is 2.73. The van der Waals surface area contributed by atoms with Crippen molar-refractivity contribution in [1.82, 2.24) is 9.97 Å². The number of carbonyl (C=O) groups is 1. The van der Waals surface area contributed by atoms with Crippen LogP contribution in [0.4, 0.5) is 0 Å². The second-order valence-corrected chi connectivity index (χ2v) is 5.04. The van der Waals surface area contributed by atoms with Crippen molar-refractivity contribution in [2.75, 3.05) is 0 Å². The van der Waals surface area contributed by atoms with E-state index in [1.165, 1.54) is 0 Å². The maximum absolute atomic E-state index is 12.5. The van der Waals surface area contributed by atoms with Gasteiger partial charge in [0.05, 0.1) is 5.56 Å². The molecule has 0 atom stereocenters. The summed E-state index contributed by atoms with van der Waals surface area (Å²) in [4.78, 5) is 19.6. The number of thiazole rings is 1. The quantitative estimate of drug-likeness (QED) is 0.392. The van der Waals surface area contributed by atoms with E-state index in [0.29, 0.717) is 12.0 Å². The second-order valence-electron chi connectivity index (χ2n) is 4.18. The lowest BCUT2D eigenvalue weighted by molar-refractivity contribution is 0.104. The molecule has 0 aliphatic rings. The van der Waals surface area contributed by atoms with E-state index in [1.807, 2.05) is 24.3 Å². The van der Waals surface area contributed by atoms with Crippen molar-refractivity contribution in [3.05, 3.63) is 52.1 Å². The number of benzene rings is 1. The van der Waals surface area contributed by atoms with Crippen LogP contribution < -0.4 is 0 Å². The average molecular weight is 300 g/mol. The highest BCUT2D eigenvalue weighted by Gasteiger charge is 2.18. The van der Waals surface area contributed by atoms with Crippen molar-refractivity contribution >= 4 is 40.3 Å². The van der Waals surface area contributed by atoms with Crippen molar-refractivity contribution < 1.29 is 11.0 Å². The first-order valence-electron chi connectivity index (χ1n) is 6.01. The summed E-state index contributed by atoms with van der Waals surface area (Å²) in [5.74, 6) is -0.453. The maximum atomic E-state index is 12.5. The molecule has 3 rings (SSSR count). The highest BCUT2D eigenvalue weighted by atomic mass is 32.1. The average Bonchev–Trinajstić information content (AvgIpc) is 3.14. The number of H-pyrrole nitrogens is 1. The Morgan fingerprint density at radius 1 is 1.43 bits per heavy atom. The number of hydrogen-bond acceptors (Lipinski definition) is 6. The normalized spacial score (nSPS) is 10.5. The monoisotopic (exact) mass is 300 g/mol. The predicted octanol–water partition coefficient (Wildman–Crippen LogP) is 3.05. The van der Waals surface area contributed by atoms with Crippen LogP contribution in [0.15, 0.2) is 35.8 Å². The third kappa shape index (κ3) is 2.34. The van der Waals surface area contributed by atoms with Gasteiger partial charge in [-0.1, -0.05) is 18.2 Å². The predicted molar refractivity (Wildman–Crippen MR) is 82.7 cm³/mol. The van der Waals surface area contributed by atoms with Crippen LogP contribution in [0.5, 0.6) is 0 Å². The molecule has 3 N–H and O–H groups in total. The van der Waals surface area contributed by atoms with Crippen LogP contribution in [-0.4, -0.2) is 28.0 Å². The first kappa shape index (κ1) is 13.2. The van der Waals surface area contributed by atoms with Crippen LogP contribution >= 0.6 is 11.3 Å². The molecule has 7 heteroatoms. The number of rotatable bonds is 4. The number of ether oxygens (including phenoxy) is 1. The van der Waals surface area contributed by atoms with Crippen molar-refractivity contribution in [1.29, 1.82) is 10.8 Å². The number of ketones is 1. The summed E-state index contributed by atoms with van der Waals surface area (Å²) in [5, 5.41) is 17.0. The Morgan fingerprint density at radius 2 is 2.24 bits per heavy atom. The summed E-state index contributed by atoms with van der Waals surface area (Å²) in [7, 11) is 0. The Morgan fingerprint density at radius 3 is 3.05 bits per heavy atom. The standard InChI is InChI=1S/C14H10N4O2S.H2/c15-7-20-13(16)11-6-21-14(18-11)12(19)9-5-17-10-4-2-1-3-8(9)10;/h1-7,15-17H;1H. The van der Waals surface area contributed by atoms with E-state index < -0.39 is 0 Å². The molecule has 106 valence electrons. The Kier molecular flexibility index (Phi) is 3.33. The lowest BCUT2D eigenvalue weighted by atomic mass is 10.1. The van der Waals surface area contributed by atoms with Crippen LogP contribution in [0.25, 0.3) is 10.9 Å². The minimum atomic E-state index is -0.251. The van der Waals surface area contributed by atoms with E-state index in [2.05, 4.69) is 14.7 Å². The summed E-state index contributed by atoms with van der Waals surface area (Å²) in [6.45, 7) is 0. The molecule has 0 spiro atoms. The first-order chi connectivity index (χ1) is 10.2. The molecule has 1 aromatic carbocycles. The van der Waals surface area contributed by atoms with Crippen LogP contribution in [0, 0.1) is 10.8 Å². The molecule has 0 fully saturated rings. The smallest absolute Gasteiger partial charge is 0.240 e. The molecule has 0 amide bonds. The topological polar surface area (TPSA) is 103 Å². The van der Waals surface area contributed by atoms with E-state index in [0.717, 1.165) is 22.2 Å². The summed E-state index contributed by atoms with van der Waals surface area (Å²) in [6.07, 6.45) is 2.32. The molecule has 0 saturated carbocycles. The molecule has 6 nitrogen and oxygen atoms in total. The van der Waals surface area contributed by atoms with Gasteiger partial charge < -0.3 is 9.72 Å². The molecule has 21 heavy (non-hydrogen) atoms. The van der Waals surface area contributed by atoms with Crippen molar-refractivity contribution in [2.45, 2.75) is 0 Å². The number of para-hydroxylation sites is 1. The molecule has 0 radical (unpaired) electrons. The van der Waals surface area contributed by atoms with Gasteiger partial charge in [-0.25, -0.2) is 4.98 Å². The number of carbonyl (C=O) groups excluding carboxylic acids is 1. The molecule has 0 bridgehead atoms. The van der Waals surface area contributed by atoms with Gasteiger partial charge >= 0.3 is 0 Å². The van der Waals surface area contributed by atoms with E-state index >= 15 is 0 Å². The van der Waals surface area contributed by atoms with Crippen molar-refractivity contribution in [3.63, 3.8) is 0 Å². The maximum Gasteiger partial charge on any atom is 0.240 e. The molecule has 3 aromatic rings. The Labute approximate surface area is 124 Å². The second kappa shape index (κ2) is 5.29. The first-order valence-corrected chi connectivity index (χ1v) is 6.89. The highest BCUT2D eigenvalue weighted by Crippen LogP contribution is 2.22. The van der Waals surface area contributed by atoms with Gasteiger partial charge in [-0.2, -0.15) is 0 Å². The highest BCUT2D eigenvalue weighted by molar-refractivity contribution is 7.12. The van der Waals surface area contributed by atoms with Crippen LogP contribution in [0.3, 0.4) is 0 Å². The fourth-order valence-electron chi connectivity index (χ4n) is 1.98. The third-order valence-corrected chi connectivity index (χ3v) is 3.78. The van der Waals surface area contributed by atoms with Gasteiger partial charge in [-0.15, -0.1) is 11.3 Å². The largest absolute Gasteiger partial charge is 0.426 e. The summed E-state index contributed by atoms with van der Waals surface area (Å²) >= 11 is 1.15. The Hall–Kier alpha value is -2.80. The molecular weight excluding hydrogens is 288 g/mol. The zero-order valence-electron chi connectivity index (χ0n) is 10.7. The Balaban J connectivity index is 0.00000176. The van der Waals surface area contributed by atoms with E-state index in [9.17, 15) is 4.79 Å². The van der Waals surface area contributed by atoms with Crippen LogP contribution in [0.2, 0.25) is 0 Å². The zero-order chi connectivity index (χ0) is 14.8. The van der Waals surface area contributed by atoms with Crippen LogP contribution in [0.1, 0.15) is 22.5 Å². The minimum absolute atomic E-state index is 0. The summed E-state index contributed by atoms with van der Waals surface area (Å²) < 4.78 is 4.63. The van der Waals surface area contributed by atoms with E-state index in [-0.39, 0.29) is 23.8 Å². The molecule has 2 aromatic heterocycles.